The van der Waals surface area contributed by atoms with Crippen LogP contribution in [0.15, 0.2) is 18.2 Å². The van der Waals surface area contributed by atoms with Crippen molar-refractivity contribution < 1.29 is 19.4 Å². The second kappa shape index (κ2) is 5.78. The van der Waals surface area contributed by atoms with Gasteiger partial charge in [0.1, 0.15) is 13.2 Å². The highest BCUT2D eigenvalue weighted by atomic mass is 16.6. The smallest absolute Gasteiger partial charge is 0.254 e. The molecule has 2 heterocycles. The first-order valence-electron chi connectivity index (χ1n) is 7.53. The fraction of sp³-hybridized carbons (Fsp3) is 0.562. The normalized spacial score (nSPS) is 23.9. The van der Waals surface area contributed by atoms with Crippen LogP contribution in [0.3, 0.4) is 0 Å². The van der Waals surface area contributed by atoms with E-state index in [2.05, 4.69) is 0 Å². The highest BCUT2D eigenvalue weighted by Gasteiger charge is 2.38. The first-order valence-corrected chi connectivity index (χ1v) is 7.53. The van der Waals surface area contributed by atoms with Crippen molar-refractivity contribution in [2.24, 2.45) is 0 Å². The molecule has 1 fully saturated rings. The van der Waals surface area contributed by atoms with E-state index in [-0.39, 0.29) is 5.91 Å². The molecule has 0 spiro atoms. The fourth-order valence-corrected chi connectivity index (χ4v) is 3.11. The Kier molecular flexibility index (Phi) is 3.97. The molecule has 0 aromatic heterocycles. The number of rotatable bonds is 3. The molecular weight excluding hydrogens is 284 g/mol. The summed E-state index contributed by atoms with van der Waals surface area (Å²) in [6.45, 7) is 2.51. The van der Waals surface area contributed by atoms with E-state index < -0.39 is 5.60 Å². The molecule has 0 saturated carbocycles. The molecule has 3 rings (SSSR count). The summed E-state index contributed by atoms with van der Waals surface area (Å²) in [5.41, 5.74) is -0.258. The van der Waals surface area contributed by atoms with E-state index >= 15 is 0 Å². The molecule has 0 aliphatic carbocycles. The van der Waals surface area contributed by atoms with E-state index in [1.54, 1.807) is 23.1 Å². The molecule has 1 aromatic carbocycles. The summed E-state index contributed by atoms with van der Waals surface area (Å²) in [4.78, 5) is 16.3. The van der Waals surface area contributed by atoms with Gasteiger partial charge in [-0.2, -0.15) is 0 Å². The van der Waals surface area contributed by atoms with Gasteiger partial charge in [0.05, 0.1) is 12.1 Å². The number of benzene rings is 1. The fourth-order valence-electron chi connectivity index (χ4n) is 3.11. The van der Waals surface area contributed by atoms with Gasteiger partial charge in [0.25, 0.3) is 5.91 Å². The van der Waals surface area contributed by atoms with Crippen molar-refractivity contribution in [1.29, 1.82) is 0 Å². The zero-order valence-electron chi connectivity index (χ0n) is 13.0. The predicted octanol–water partition coefficient (Wildman–Crippen LogP) is 0.596. The number of aliphatic hydroxyl groups is 1. The molecule has 1 aromatic rings. The van der Waals surface area contributed by atoms with Gasteiger partial charge < -0.3 is 24.4 Å². The van der Waals surface area contributed by atoms with Crippen LogP contribution < -0.4 is 9.47 Å². The summed E-state index contributed by atoms with van der Waals surface area (Å²) in [6, 6.07) is 5.24. The van der Waals surface area contributed by atoms with Crippen LogP contribution >= 0.6 is 0 Å². The molecular formula is C16H22N2O4. The lowest BCUT2D eigenvalue weighted by Gasteiger charge is -2.26. The van der Waals surface area contributed by atoms with Crippen LogP contribution in [0.5, 0.6) is 11.5 Å². The monoisotopic (exact) mass is 306 g/mol. The number of hydrogen-bond donors (Lipinski definition) is 1. The summed E-state index contributed by atoms with van der Waals surface area (Å²) in [7, 11) is 3.84. The number of β-amino-alcohol motifs (C(OH)–C–C–N with tert-alkyl or cyclic N) is 1. The van der Waals surface area contributed by atoms with Gasteiger partial charge in [0, 0.05) is 18.7 Å². The van der Waals surface area contributed by atoms with Crippen molar-refractivity contribution in [2.45, 2.75) is 12.0 Å². The summed E-state index contributed by atoms with van der Waals surface area (Å²) in [5, 5.41) is 10.5. The van der Waals surface area contributed by atoms with E-state index in [4.69, 9.17) is 9.47 Å². The van der Waals surface area contributed by atoms with Crippen LogP contribution in [0.1, 0.15) is 16.8 Å². The predicted molar refractivity (Wildman–Crippen MR) is 81.5 cm³/mol. The molecule has 22 heavy (non-hydrogen) atoms. The Labute approximate surface area is 130 Å². The number of amides is 1. The third-order valence-corrected chi connectivity index (χ3v) is 4.02. The summed E-state index contributed by atoms with van der Waals surface area (Å²) >= 11 is 0. The van der Waals surface area contributed by atoms with E-state index in [0.29, 0.717) is 56.3 Å². The highest BCUT2D eigenvalue weighted by Crippen LogP contribution is 2.32. The van der Waals surface area contributed by atoms with Crippen LogP contribution in [0, 0.1) is 0 Å². The minimum absolute atomic E-state index is 0.0772. The molecule has 2 aliphatic rings. The van der Waals surface area contributed by atoms with E-state index in [1.165, 1.54) is 0 Å². The molecule has 6 heteroatoms. The maximum atomic E-state index is 12.6. The van der Waals surface area contributed by atoms with Crippen LogP contribution in [0.4, 0.5) is 0 Å². The molecule has 1 N–H and O–H groups in total. The minimum atomic E-state index is -0.826. The lowest BCUT2D eigenvalue weighted by Crippen LogP contribution is -2.43. The van der Waals surface area contributed by atoms with Crippen molar-refractivity contribution in [3.63, 3.8) is 0 Å². The molecule has 1 saturated heterocycles. The zero-order valence-corrected chi connectivity index (χ0v) is 13.0. The largest absolute Gasteiger partial charge is 0.486 e. The summed E-state index contributed by atoms with van der Waals surface area (Å²) in [5.74, 6) is 1.21. The SMILES string of the molecule is CN(C)C[C@]1(O)CCN(C(=O)c2ccc3c(c2)OCCO3)C1. The van der Waals surface area contributed by atoms with Crippen LogP contribution in [0.25, 0.3) is 0 Å². The molecule has 120 valence electrons. The molecule has 0 unspecified atom stereocenters. The number of hydrogen-bond acceptors (Lipinski definition) is 5. The second-order valence-electron chi connectivity index (χ2n) is 6.30. The Bertz CT molecular complexity index is 575. The molecule has 6 nitrogen and oxygen atoms in total. The number of likely N-dealkylation sites (tertiary alicyclic amines) is 1. The number of ether oxygens (including phenoxy) is 2. The van der Waals surface area contributed by atoms with Gasteiger partial charge in [-0.05, 0) is 38.7 Å². The Balaban J connectivity index is 1.72. The number of fused-ring (bicyclic) bond motifs is 1. The van der Waals surface area contributed by atoms with Gasteiger partial charge in [0.15, 0.2) is 11.5 Å². The molecule has 1 amide bonds. The minimum Gasteiger partial charge on any atom is -0.486 e. The van der Waals surface area contributed by atoms with Crippen molar-refractivity contribution >= 4 is 5.91 Å². The van der Waals surface area contributed by atoms with Gasteiger partial charge in [0.2, 0.25) is 0 Å². The number of carbonyl (C=O) groups excluding carboxylic acids is 1. The van der Waals surface area contributed by atoms with Crippen molar-refractivity contribution in [2.75, 3.05) is 46.9 Å². The van der Waals surface area contributed by atoms with Gasteiger partial charge in [-0.25, -0.2) is 0 Å². The third-order valence-electron chi connectivity index (χ3n) is 4.02. The van der Waals surface area contributed by atoms with Crippen LogP contribution in [-0.2, 0) is 0 Å². The van der Waals surface area contributed by atoms with Crippen molar-refractivity contribution in [3.8, 4) is 11.5 Å². The first-order chi connectivity index (χ1) is 10.5. The zero-order chi connectivity index (χ0) is 15.7. The van der Waals surface area contributed by atoms with Crippen molar-refractivity contribution in [3.05, 3.63) is 23.8 Å². The molecule has 0 radical (unpaired) electrons. The van der Waals surface area contributed by atoms with Gasteiger partial charge in [-0.3, -0.25) is 4.79 Å². The molecule has 2 aliphatic heterocycles. The third kappa shape index (κ3) is 3.03. The van der Waals surface area contributed by atoms with Crippen LogP contribution in [-0.4, -0.2) is 73.4 Å². The number of likely N-dealkylation sites (N-methyl/N-ethyl adjacent to an activating group) is 1. The van der Waals surface area contributed by atoms with Gasteiger partial charge in [-0.1, -0.05) is 0 Å². The molecule has 0 bridgehead atoms. The quantitative estimate of drug-likeness (QED) is 0.886. The topological polar surface area (TPSA) is 62.2 Å². The van der Waals surface area contributed by atoms with E-state index in [0.717, 1.165) is 0 Å². The number of carbonyl (C=O) groups is 1. The molecule has 1 atom stereocenters. The lowest BCUT2D eigenvalue weighted by molar-refractivity contribution is 0.0236. The lowest BCUT2D eigenvalue weighted by atomic mass is 10.0. The van der Waals surface area contributed by atoms with E-state index in [1.807, 2.05) is 19.0 Å². The van der Waals surface area contributed by atoms with Gasteiger partial charge >= 0.3 is 0 Å². The standard InChI is InChI=1S/C16H22N2O4/c1-17(2)10-16(20)5-6-18(11-16)15(19)12-3-4-13-14(9-12)22-8-7-21-13/h3-4,9,20H,5-8,10-11H2,1-2H3/t16-/m1/s1. The summed E-state index contributed by atoms with van der Waals surface area (Å²) in [6.07, 6.45) is 0.599. The van der Waals surface area contributed by atoms with Gasteiger partial charge in [-0.15, -0.1) is 0 Å². The maximum Gasteiger partial charge on any atom is 0.254 e. The average molecular weight is 306 g/mol. The highest BCUT2D eigenvalue weighted by molar-refractivity contribution is 5.95. The Morgan fingerprint density at radius 2 is 2.05 bits per heavy atom. The Hall–Kier alpha value is -1.79. The summed E-state index contributed by atoms with van der Waals surface area (Å²) < 4.78 is 11.0. The first kappa shape index (κ1) is 15.1. The van der Waals surface area contributed by atoms with E-state index in [9.17, 15) is 9.90 Å². The Morgan fingerprint density at radius 1 is 1.32 bits per heavy atom. The Morgan fingerprint density at radius 3 is 2.77 bits per heavy atom. The van der Waals surface area contributed by atoms with Crippen molar-refractivity contribution in [1.82, 2.24) is 9.80 Å². The second-order valence-corrected chi connectivity index (χ2v) is 6.30. The number of nitrogens with zero attached hydrogens (tertiary/aromatic N) is 2. The maximum absolute atomic E-state index is 12.6. The average Bonchev–Trinajstić information content (AvgIpc) is 2.87. The van der Waals surface area contributed by atoms with Crippen LogP contribution in [0.2, 0.25) is 0 Å².